The van der Waals surface area contributed by atoms with Crippen molar-refractivity contribution in [1.82, 2.24) is 9.78 Å². The Kier molecular flexibility index (Phi) is 4.79. The van der Waals surface area contributed by atoms with Crippen LogP contribution in [0.1, 0.15) is 27.3 Å². The Bertz CT molecular complexity index is 945. The number of benzene rings is 2. The van der Waals surface area contributed by atoms with Gasteiger partial charge in [0.2, 0.25) is 0 Å². The third-order valence-corrected chi connectivity index (χ3v) is 4.06. The van der Waals surface area contributed by atoms with Crippen molar-refractivity contribution in [3.63, 3.8) is 0 Å². The number of rotatable bonds is 4. The number of hydrogen-bond acceptors (Lipinski definition) is 2. The van der Waals surface area contributed by atoms with E-state index in [1.165, 1.54) is 18.2 Å². The third kappa shape index (κ3) is 3.46. The van der Waals surface area contributed by atoms with Gasteiger partial charge in [0.15, 0.2) is 0 Å². The highest BCUT2D eigenvalue weighted by Crippen LogP contribution is 2.22. The molecule has 0 aliphatic heterocycles. The van der Waals surface area contributed by atoms with E-state index in [-0.39, 0.29) is 5.82 Å². The van der Waals surface area contributed by atoms with Gasteiger partial charge in [0, 0.05) is 0 Å². The summed E-state index contributed by atoms with van der Waals surface area (Å²) < 4.78 is 42.2. The number of carbonyl (C=O) groups is 1. The Balaban J connectivity index is 1.86. The minimum Gasteiger partial charge on any atom is -0.319 e. The topological polar surface area (TPSA) is 46.9 Å². The van der Waals surface area contributed by atoms with Crippen LogP contribution in [-0.4, -0.2) is 15.7 Å². The van der Waals surface area contributed by atoms with Gasteiger partial charge in [0.25, 0.3) is 5.91 Å². The highest BCUT2D eigenvalue weighted by molar-refractivity contribution is 6.05. The second kappa shape index (κ2) is 7.03. The molecule has 0 aliphatic rings. The van der Waals surface area contributed by atoms with Crippen LogP contribution in [0.25, 0.3) is 0 Å². The number of aromatic nitrogens is 2. The Morgan fingerprint density at radius 2 is 1.65 bits per heavy atom. The minimum absolute atomic E-state index is 0.331. The molecule has 0 saturated heterocycles. The molecular weight excluding hydrogens is 343 g/mol. The van der Waals surface area contributed by atoms with Gasteiger partial charge in [0.1, 0.15) is 23.0 Å². The normalized spacial score (nSPS) is 10.8. The molecule has 134 valence electrons. The van der Waals surface area contributed by atoms with Gasteiger partial charge in [-0.2, -0.15) is 5.10 Å². The summed E-state index contributed by atoms with van der Waals surface area (Å²) in [6.07, 6.45) is 0. The van der Waals surface area contributed by atoms with Crippen molar-refractivity contribution >= 4 is 11.6 Å². The van der Waals surface area contributed by atoms with E-state index in [0.29, 0.717) is 23.6 Å². The number of nitrogens with one attached hydrogen (secondary N) is 1. The number of nitrogens with zero attached hydrogens (tertiary/aromatic N) is 2. The quantitative estimate of drug-likeness (QED) is 0.758. The monoisotopic (exact) mass is 359 g/mol. The molecule has 0 saturated carbocycles. The van der Waals surface area contributed by atoms with Gasteiger partial charge >= 0.3 is 0 Å². The van der Waals surface area contributed by atoms with E-state index in [0.717, 1.165) is 17.7 Å². The fourth-order valence-corrected chi connectivity index (χ4v) is 2.69. The first-order valence-corrected chi connectivity index (χ1v) is 7.90. The van der Waals surface area contributed by atoms with Crippen molar-refractivity contribution < 1.29 is 18.0 Å². The molecule has 4 nitrogen and oxygen atoms in total. The predicted octanol–water partition coefficient (Wildman–Crippen LogP) is 4.22. The fraction of sp³-hybridized carbons (Fsp3) is 0.158. The molecule has 1 heterocycles. The van der Waals surface area contributed by atoms with Crippen molar-refractivity contribution in [2.75, 3.05) is 5.32 Å². The molecule has 0 unspecified atom stereocenters. The van der Waals surface area contributed by atoms with Gasteiger partial charge in [-0.25, -0.2) is 13.2 Å². The molecular formula is C19H16F3N3O. The summed E-state index contributed by atoms with van der Waals surface area (Å²) in [6.45, 7) is 3.79. The zero-order valence-corrected chi connectivity index (χ0v) is 14.2. The third-order valence-electron chi connectivity index (χ3n) is 4.06. The van der Waals surface area contributed by atoms with E-state index in [1.807, 2.05) is 0 Å². The van der Waals surface area contributed by atoms with Crippen molar-refractivity contribution in [1.29, 1.82) is 0 Å². The van der Waals surface area contributed by atoms with Crippen LogP contribution < -0.4 is 5.32 Å². The Hall–Kier alpha value is -3.09. The molecule has 26 heavy (non-hydrogen) atoms. The smallest absolute Gasteiger partial charge is 0.261 e. The first-order valence-electron chi connectivity index (χ1n) is 7.90. The van der Waals surface area contributed by atoms with E-state index in [4.69, 9.17) is 0 Å². The molecule has 1 aromatic heterocycles. The zero-order valence-electron chi connectivity index (χ0n) is 14.2. The second-order valence-corrected chi connectivity index (χ2v) is 5.88. The van der Waals surface area contributed by atoms with Crippen molar-refractivity contribution in [3.05, 3.63) is 82.4 Å². The first kappa shape index (κ1) is 17.7. The number of amides is 1. The second-order valence-electron chi connectivity index (χ2n) is 5.88. The van der Waals surface area contributed by atoms with Crippen LogP contribution in [0, 0.1) is 31.3 Å². The van der Waals surface area contributed by atoms with Crippen LogP contribution in [0.2, 0.25) is 0 Å². The van der Waals surface area contributed by atoms with Crippen LogP contribution in [0.15, 0.2) is 42.5 Å². The summed E-state index contributed by atoms with van der Waals surface area (Å²) in [5, 5.41) is 6.87. The summed E-state index contributed by atoms with van der Waals surface area (Å²) in [5.41, 5.74) is 1.71. The van der Waals surface area contributed by atoms with Gasteiger partial charge < -0.3 is 5.32 Å². The van der Waals surface area contributed by atoms with Gasteiger partial charge in [-0.15, -0.1) is 0 Å². The maximum absolute atomic E-state index is 13.8. The molecule has 2 aromatic carbocycles. The molecule has 0 spiro atoms. The Morgan fingerprint density at radius 3 is 2.27 bits per heavy atom. The fourth-order valence-electron chi connectivity index (χ4n) is 2.69. The maximum Gasteiger partial charge on any atom is 0.261 e. The van der Waals surface area contributed by atoms with E-state index < -0.39 is 23.1 Å². The van der Waals surface area contributed by atoms with E-state index in [9.17, 15) is 18.0 Å². The maximum atomic E-state index is 13.8. The van der Waals surface area contributed by atoms with Gasteiger partial charge in [0.05, 0.1) is 23.6 Å². The van der Waals surface area contributed by atoms with Gasteiger partial charge in [-0.05, 0) is 43.7 Å². The number of hydrogen-bond donors (Lipinski definition) is 1. The molecule has 7 heteroatoms. The summed E-state index contributed by atoms with van der Waals surface area (Å²) >= 11 is 0. The summed E-state index contributed by atoms with van der Waals surface area (Å²) in [4.78, 5) is 12.3. The standard InChI is InChI=1S/C19H16F3N3O/c1-11-18(23-19(26)17-15(21)4-3-5-16(17)22)12(2)25(24-11)10-13-6-8-14(20)9-7-13/h3-9H,10H2,1-2H3,(H,23,26). The molecule has 0 atom stereocenters. The van der Waals surface area contributed by atoms with Crippen LogP contribution >= 0.6 is 0 Å². The number of anilines is 1. The average molecular weight is 359 g/mol. The number of carbonyl (C=O) groups excluding carboxylic acids is 1. The van der Waals surface area contributed by atoms with Gasteiger partial charge in [-0.1, -0.05) is 18.2 Å². The van der Waals surface area contributed by atoms with Crippen molar-refractivity contribution in [2.24, 2.45) is 0 Å². The SMILES string of the molecule is Cc1nn(Cc2ccc(F)cc2)c(C)c1NC(=O)c1c(F)cccc1F. The Labute approximate surface area is 148 Å². The summed E-state index contributed by atoms with van der Waals surface area (Å²) in [5.74, 6) is -3.08. The van der Waals surface area contributed by atoms with E-state index in [1.54, 1.807) is 30.7 Å². The van der Waals surface area contributed by atoms with Crippen LogP contribution in [-0.2, 0) is 6.54 Å². The number of aryl methyl sites for hydroxylation is 1. The summed E-state index contributed by atoms with van der Waals surface area (Å²) in [7, 11) is 0. The van der Waals surface area contributed by atoms with Crippen LogP contribution in [0.3, 0.4) is 0 Å². The lowest BCUT2D eigenvalue weighted by Gasteiger charge is -2.08. The molecule has 0 radical (unpaired) electrons. The first-order chi connectivity index (χ1) is 12.4. The number of halogens is 3. The van der Waals surface area contributed by atoms with E-state index in [2.05, 4.69) is 10.4 Å². The lowest BCUT2D eigenvalue weighted by molar-refractivity contribution is 0.101. The van der Waals surface area contributed by atoms with Crippen LogP contribution in [0.5, 0.6) is 0 Å². The lowest BCUT2D eigenvalue weighted by Crippen LogP contribution is -2.17. The predicted molar refractivity (Wildman–Crippen MR) is 91.5 cm³/mol. The molecule has 1 N–H and O–H groups in total. The lowest BCUT2D eigenvalue weighted by atomic mass is 10.1. The van der Waals surface area contributed by atoms with Crippen LogP contribution in [0.4, 0.5) is 18.9 Å². The zero-order chi connectivity index (χ0) is 18.8. The van der Waals surface area contributed by atoms with E-state index >= 15 is 0 Å². The van der Waals surface area contributed by atoms with Crippen molar-refractivity contribution in [2.45, 2.75) is 20.4 Å². The Morgan fingerprint density at radius 1 is 1.04 bits per heavy atom. The van der Waals surface area contributed by atoms with Gasteiger partial charge in [-0.3, -0.25) is 9.48 Å². The average Bonchev–Trinajstić information content (AvgIpc) is 2.84. The van der Waals surface area contributed by atoms with Crippen molar-refractivity contribution in [3.8, 4) is 0 Å². The minimum atomic E-state index is -0.934. The highest BCUT2D eigenvalue weighted by Gasteiger charge is 2.20. The molecule has 3 rings (SSSR count). The largest absolute Gasteiger partial charge is 0.319 e. The molecule has 0 fully saturated rings. The molecule has 3 aromatic rings. The molecule has 0 aliphatic carbocycles. The molecule has 0 bridgehead atoms. The molecule has 1 amide bonds. The summed E-state index contributed by atoms with van der Waals surface area (Å²) in [6, 6.07) is 9.22. The highest BCUT2D eigenvalue weighted by atomic mass is 19.1.